The van der Waals surface area contributed by atoms with E-state index in [9.17, 15) is 0 Å². The monoisotopic (exact) mass is 252 g/mol. The van der Waals surface area contributed by atoms with E-state index in [0.29, 0.717) is 10.9 Å². The molecular weight excluding hydrogens is 232 g/mol. The Morgan fingerprint density at radius 2 is 2.35 bits per heavy atom. The van der Waals surface area contributed by atoms with Gasteiger partial charge in [0.1, 0.15) is 0 Å². The lowest BCUT2D eigenvalue weighted by Gasteiger charge is -2.32. The molecular formula is C14H21ClN2. The van der Waals surface area contributed by atoms with Crippen molar-refractivity contribution in [2.45, 2.75) is 45.1 Å². The average Bonchev–Trinajstić information content (AvgIpc) is 2.38. The molecule has 1 aromatic rings. The lowest BCUT2D eigenvalue weighted by molar-refractivity contribution is 0.228. The lowest BCUT2D eigenvalue weighted by Crippen LogP contribution is -2.27. The molecule has 1 heterocycles. The van der Waals surface area contributed by atoms with Crippen molar-refractivity contribution in [2.24, 2.45) is 17.6 Å². The minimum Gasteiger partial charge on any atom is -0.322 e. The normalized spacial score (nSPS) is 26.8. The fraction of sp³-hybridized carbons (Fsp3) is 0.643. The third-order valence-corrected chi connectivity index (χ3v) is 4.33. The van der Waals surface area contributed by atoms with Crippen molar-refractivity contribution < 1.29 is 0 Å². The van der Waals surface area contributed by atoms with Crippen LogP contribution < -0.4 is 5.73 Å². The molecule has 1 saturated carbocycles. The maximum absolute atomic E-state index is 6.34. The van der Waals surface area contributed by atoms with Crippen molar-refractivity contribution in [2.75, 3.05) is 0 Å². The van der Waals surface area contributed by atoms with Crippen LogP contribution in [0.2, 0.25) is 5.02 Å². The maximum Gasteiger partial charge on any atom is 0.0759 e. The summed E-state index contributed by atoms with van der Waals surface area (Å²) in [6, 6.07) is 3.73. The Balaban J connectivity index is 2.09. The number of aromatic nitrogens is 1. The summed E-state index contributed by atoms with van der Waals surface area (Å²) in [5.74, 6) is 1.38. The number of hydrogen-bond acceptors (Lipinski definition) is 2. The van der Waals surface area contributed by atoms with Crippen LogP contribution in [0.3, 0.4) is 0 Å². The average molecular weight is 253 g/mol. The van der Waals surface area contributed by atoms with Crippen LogP contribution in [0.4, 0.5) is 0 Å². The summed E-state index contributed by atoms with van der Waals surface area (Å²) in [6.07, 6.45) is 8.13. The molecule has 2 nitrogen and oxygen atoms in total. The number of nitrogens with zero attached hydrogens (tertiary/aromatic N) is 1. The highest BCUT2D eigenvalue weighted by atomic mass is 35.5. The molecule has 1 aromatic heterocycles. The van der Waals surface area contributed by atoms with E-state index in [2.05, 4.69) is 11.9 Å². The van der Waals surface area contributed by atoms with Gasteiger partial charge in [0.15, 0.2) is 0 Å². The maximum atomic E-state index is 6.34. The van der Waals surface area contributed by atoms with Crippen LogP contribution in [-0.4, -0.2) is 4.98 Å². The zero-order valence-corrected chi connectivity index (χ0v) is 11.2. The van der Waals surface area contributed by atoms with Gasteiger partial charge in [0.25, 0.3) is 0 Å². The molecule has 1 aliphatic carbocycles. The van der Waals surface area contributed by atoms with Crippen molar-refractivity contribution in [3.8, 4) is 0 Å². The standard InChI is InChI=1S/C14H21ClN2/c1-2-10-5-3-6-11(9-10)13(16)14-12(15)7-4-8-17-14/h4,7-8,10-11,13H,2-3,5-6,9,16H2,1H3. The molecule has 3 atom stereocenters. The summed E-state index contributed by atoms with van der Waals surface area (Å²) in [5.41, 5.74) is 7.21. The minimum atomic E-state index is -0.00181. The highest BCUT2D eigenvalue weighted by Gasteiger charge is 2.28. The molecule has 17 heavy (non-hydrogen) atoms. The third kappa shape index (κ3) is 2.99. The summed E-state index contributed by atoms with van der Waals surface area (Å²) >= 11 is 6.17. The van der Waals surface area contributed by atoms with Crippen molar-refractivity contribution in [1.82, 2.24) is 4.98 Å². The molecule has 1 aliphatic rings. The second kappa shape index (κ2) is 5.83. The molecule has 2 N–H and O–H groups in total. The first-order valence-electron chi connectivity index (χ1n) is 6.58. The molecule has 0 spiro atoms. The molecule has 3 unspecified atom stereocenters. The molecule has 0 amide bonds. The van der Waals surface area contributed by atoms with E-state index >= 15 is 0 Å². The van der Waals surface area contributed by atoms with E-state index in [0.717, 1.165) is 11.6 Å². The fourth-order valence-corrected chi connectivity index (χ4v) is 3.14. The van der Waals surface area contributed by atoms with Gasteiger partial charge in [0, 0.05) is 6.20 Å². The molecule has 0 bridgehead atoms. The smallest absolute Gasteiger partial charge is 0.0759 e. The third-order valence-electron chi connectivity index (χ3n) is 4.01. The quantitative estimate of drug-likeness (QED) is 0.885. The Labute approximate surface area is 109 Å². The SMILES string of the molecule is CCC1CCCC(C(N)c2ncccc2Cl)C1. The topological polar surface area (TPSA) is 38.9 Å². The van der Waals surface area contributed by atoms with Gasteiger partial charge in [-0.2, -0.15) is 0 Å². The number of halogens is 1. The first-order valence-corrected chi connectivity index (χ1v) is 6.96. The summed E-state index contributed by atoms with van der Waals surface area (Å²) in [7, 11) is 0. The van der Waals surface area contributed by atoms with Gasteiger partial charge in [-0.3, -0.25) is 4.98 Å². The van der Waals surface area contributed by atoms with E-state index in [1.807, 2.05) is 12.1 Å². The zero-order valence-electron chi connectivity index (χ0n) is 10.4. The second-order valence-corrected chi connectivity index (χ2v) is 5.50. The van der Waals surface area contributed by atoms with Gasteiger partial charge in [-0.1, -0.05) is 37.8 Å². The Morgan fingerprint density at radius 1 is 1.53 bits per heavy atom. The molecule has 1 fully saturated rings. The Hall–Kier alpha value is -0.600. The van der Waals surface area contributed by atoms with Gasteiger partial charge < -0.3 is 5.73 Å². The van der Waals surface area contributed by atoms with Crippen molar-refractivity contribution >= 4 is 11.6 Å². The van der Waals surface area contributed by atoms with E-state index in [1.165, 1.54) is 32.1 Å². The number of rotatable bonds is 3. The van der Waals surface area contributed by atoms with E-state index < -0.39 is 0 Å². The van der Waals surface area contributed by atoms with E-state index in [1.54, 1.807) is 6.20 Å². The summed E-state index contributed by atoms with van der Waals surface area (Å²) in [4.78, 5) is 4.35. The van der Waals surface area contributed by atoms with E-state index in [4.69, 9.17) is 17.3 Å². The number of pyridine rings is 1. The Bertz CT molecular complexity index is 367. The van der Waals surface area contributed by atoms with Crippen LogP contribution in [0.15, 0.2) is 18.3 Å². The van der Waals surface area contributed by atoms with Crippen LogP contribution in [-0.2, 0) is 0 Å². The summed E-state index contributed by atoms with van der Waals surface area (Å²) < 4.78 is 0. The fourth-order valence-electron chi connectivity index (χ4n) is 2.90. The molecule has 94 valence electrons. The molecule has 3 heteroatoms. The first-order chi connectivity index (χ1) is 8.22. The van der Waals surface area contributed by atoms with Crippen molar-refractivity contribution in [1.29, 1.82) is 0 Å². The molecule has 0 aliphatic heterocycles. The van der Waals surface area contributed by atoms with Crippen molar-refractivity contribution in [3.63, 3.8) is 0 Å². The van der Waals surface area contributed by atoms with Crippen LogP contribution in [0.5, 0.6) is 0 Å². The van der Waals surface area contributed by atoms with Crippen LogP contribution >= 0.6 is 11.6 Å². The van der Waals surface area contributed by atoms with Crippen molar-refractivity contribution in [3.05, 3.63) is 29.0 Å². The van der Waals surface area contributed by atoms with Gasteiger partial charge in [-0.15, -0.1) is 0 Å². The number of nitrogens with two attached hydrogens (primary N) is 1. The highest BCUT2D eigenvalue weighted by Crippen LogP contribution is 2.38. The zero-order chi connectivity index (χ0) is 12.3. The first kappa shape index (κ1) is 12.8. The second-order valence-electron chi connectivity index (χ2n) is 5.10. The van der Waals surface area contributed by atoms with Gasteiger partial charge in [-0.25, -0.2) is 0 Å². The predicted octanol–water partition coefficient (Wildman–Crippen LogP) is 3.95. The minimum absolute atomic E-state index is 0.00181. The molecule has 0 radical (unpaired) electrons. The van der Waals surface area contributed by atoms with E-state index in [-0.39, 0.29) is 6.04 Å². The largest absolute Gasteiger partial charge is 0.322 e. The molecule has 2 rings (SSSR count). The summed E-state index contributed by atoms with van der Waals surface area (Å²) in [6.45, 7) is 2.27. The van der Waals surface area contributed by atoms with Crippen LogP contribution in [0.25, 0.3) is 0 Å². The van der Waals surface area contributed by atoms with Gasteiger partial charge in [0.05, 0.1) is 16.8 Å². The Morgan fingerprint density at radius 3 is 3.06 bits per heavy atom. The lowest BCUT2D eigenvalue weighted by atomic mass is 9.76. The van der Waals surface area contributed by atoms with Crippen LogP contribution in [0, 0.1) is 11.8 Å². The molecule has 0 saturated heterocycles. The predicted molar refractivity (Wildman–Crippen MR) is 71.9 cm³/mol. The van der Waals surface area contributed by atoms with Gasteiger partial charge >= 0.3 is 0 Å². The molecule has 0 aromatic carbocycles. The Kier molecular flexibility index (Phi) is 4.41. The summed E-state index contributed by atoms with van der Waals surface area (Å²) in [5, 5.41) is 0.707. The van der Waals surface area contributed by atoms with Gasteiger partial charge in [0.2, 0.25) is 0 Å². The number of hydrogen-bond donors (Lipinski definition) is 1. The highest BCUT2D eigenvalue weighted by molar-refractivity contribution is 6.31. The van der Waals surface area contributed by atoms with Gasteiger partial charge in [-0.05, 0) is 36.8 Å². The van der Waals surface area contributed by atoms with Crippen LogP contribution in [0.1, 0.15) is 50.8 Å².